The molecular weight excluding hydrogens is 228 g/mol. The summed E-state index contributed by atoms with van der Waals surface area (Å²) in [6, 6.07) is 8.92. The molecule has 0 spiro atoms. The first-order chi connectivity index (χ1) is 8.67. The highest BCUT2D eigenvalue weighted by atomic mass is 16.5. The van der Waals surface area contributed by atoms with E-state index in [9.17, 15) is 4.79 Å². The molecule has 1 N–H and O–H groups in total. The van der Waals surface area contributed by atoms with Crippen molar-refractivity contribution in [1.29, 1.82) is 5.26 Å². The molecule has 0 aliphatic rings. The number of benzene rings is 1. The Hall–Kier alpha value is -2.30. The molecule has 0 saturated heterocycles. The fourth-order valence-electron chi connectivity index (χ4n) is 1.22. The maximum Gasteiger partial charge on any atom is 0.254 e. The number of nitrogens with zero attached hydrogens (tertiary/aromatic N) is 1. The highest BCUT2D eigenvalue weighted by Gasteiger charge is 2.12. The Bertz CT molecular complexity index is 503. The summed E-state index contributed by atoms with van der Waals surface area (Å²) >= 11 is 0. The van der Waals surface area contributed by atoms with E-state index in [1.54, 1.807) is 19.1 Å². The average molecular weight is 242 g/mol. The molecule has 92 valence electrons. The highest BCUT2D eigenvalue weighted by molar-refractivity contribution is 5.94. The lowest BCUT2D eigenvalue weighted by molar-refractivity contribution is 0.0685. The zero-order valence-corrected chi connectivity index (χ0v) is 10.4. The summed E-state index contributed by atoms with van der Waals surface area (Å²) in [5.74, 6) is 4.96. The minimum Gasteiger partial charge on any atom is -0.332 e. The zero-order valence-electron chi connectivity index (χ0n) is 10.4. The molecule has 0 saturated carbocycles. The molecule has 1 unspecified atom stereocenters. The first-order valence-electron chi connectivity index (χ1n) is 5.45. The Morgan fingerprint density at radius 3 is 2.67 bits per heavy atom. The van der Waals surface area contributed by atoms with E-state index >= 15 is 0 Å². The van der Waals surface area contributed by atoms with E-state index < -0.39 is 6.23 Å². The fourth-order valence-corrected chi connectivity index (χ4v) is 1.22. The van der Waals surface area contributed by atoms with E-state index in [0.29, 0.717) is 5.56 Å². The van der Waals surface area contributed by atoms with Crippen LogP contribution in [-0.4, -0.2) is 18.7 Å². The van der Waals surface area contributed by atoms with E-state index in [4.69, 9.17) is 10.00 Å². The molecule has 1 atom stereocenters. The van der Waals surface area contributed by atoms with E-state index in [0.717, 1.165) is 5.56 Å². The number of carbonyl (C=O) groups excluding carboxylic acids is 1. The van der Waals surface area contributed by atoms with E-state index in [1.807, 2.05) is 25.1 Å². The van der Waals surface area contributed by atoms with Gasteiger partial charge < -0.3 is 10.1 Å². The molecule has 0 aromatic heterocycles. The van der Waals surface area contributed by atoms with Gasteiger partial charge in [-0.1, -0.05) is 23.6 Å². The Kier molecular flexibility index (Phi) is 5.44. The molecule has 0 aliphatic carbocycles. The molecule has 1 aromatic carbocycles. The molecule has 0 heterocycles. The number of aryl methyl sites for hydroxylation is 1. The maximum absolute atomic E-state index is 11.8. The number of rotatable bonds is 4. The number of carbonyl (C=O) groups is 1. The first kappa shape index (κ1) is 13.8. The van der Waals surface area contributed by atoms with Crippen LogP contribution in [0.4, 0.5) is 0 Å². The van der Waals surface area contributed by atoms with Crippen molar-refractivity contribution in [2.24, 2.45) is 0 Å². The van der Waals surface area contributed by atoms with Gasteiger partial charge in [0.1, 0.15) is 12.7 Å². The molecule has 4 nitrogen and oxygen atoms in total. The largest absolute Gasteiger partial charge is 0.332 e. The van der Waals surface area contributed by atoms with Crippen molar-refractivity contribution in [2.75, 3.05) is 6.61 Å². The third-order valence-electron chi connectivity index (χ3n) is 2.19. The number of ether oxygens (including phenoxy) is 1. The van der Waals surface area contributed by atoms with Crippen LogP contribution in [0, 0.1) is 30.1 Å². The smallest absolute Gasteiger partial charge is 0.254 e. The molecule has 4 heteroatoms. The third-order valence-corrected chi connectivity index (χ3v) is 2.19. The van der Waals surface area contributed by atoms with Gasteiger partial charge in [-0.15, -0.1) is 5.92 Å². The number of nitriles is 1. The van der Waals surface area contributed by atoms with Crippen molar-refractivity contribution in [3.8, 4) is 17.9 Å². The van der Waals surface area contributed by atoms with Crippen molar-refractivity contribution in [2.45, 2.75) is 20.1 Å². The van der Waals surface area contributed by atoms with Gasteiger partial charge in [0, 0.05) is 5.56 Å². The molecular formula is C14H14N2O2. The van der Waals surface area contributed by atoms with E-state index in [1.165, 1.54) is 0 Å². The Morgan fingerprint density at radius 1 is 1.44 bits per heavy atom. The number of amides is 1. The van der Waals surface area contributed by atoms with Crippen LogP contribution in [0.3, 0.4) is 0 Å². The Morgan fingerprint density at radius 2 is 2.11 bits per heavy atom. The average Bonchev–Trinajstić information content (AvgIpc) is 2.38. The van der Waals surface area contributed by atoms with Gasteiger partial charge in [-0.05, 0) is 26.0 Å². The van der Waals surface area contributed by atoms with Gasteiger partial charge in [0.05, 0.1) is 0 Å². The maximum atomic E-state index is 11.8. The van der Waals surface area contributed by atoms with Gasteiger partial charge in [-0.3, -0.25) is 4.79 Å². The third kappa shape index (κ3) is 4.29. The van der Waals surface area contributed by atoms with E-state index in [-0.39, 0.29) is 12.5 Å². The quantitative estimate of drug-likeness (QED) is 0.644. The van der Waals surface area contributed by atoms with Crippen LogP contribution in [0.5, 0.6) is 0 Å². The lowest BCUT2D eigenvalue weighted by Gasteiger charge is -2.10. The lowest BCUT2D eigenvalue weighted by atomic mass is 10.1. The zero-order chi connectivity index (χ0) is 13.4. The fraction of sp³-hybridized carbons (Fsp3) is 0.286. The van der Waals surface area contributed by atoms with Crippen LogP contribution in [-0.2, 0) is 4.74 Å². The summed E-state index contributed by atoms with van der Waals surface area (Å²) in [6.07, 6.45) is -0.986. The normalized spacial score (nSPS) is 10.7. The van der Waals surface area contributed by atoms with Crippen LogP contribution in [0.2, 0.25) is 0 Å². The lowest BCUT2D eigenvalue weighted by Crippen LogP contribution is -2.35. The minimum atomic E-state index is -0.986. The van der Waals surface area contributed by atoms with Crippen molar-refractivity contribution in [3.05, 3.63) is 35.4 Å². The molecule has 0 bridgehead atoms. The van der Waals surface area contributed by atoms with E-state index in [2.05, 4.69) is 17.2 Å². The molecule has 0 fully saturated rings. The molecule has 0 aliphatic heterocycles. The second-order valence-corrected chi connectivity index (χ2v) is 3.59. The Balaban J connectivity index is 2.59. The van der Waals surface area contributed by atoms with Gasteiger partial charge in [0.15, 0.2) is 0 Å². The number of hydrogen-bond donors (Lipinski definition) is 1. The van der Waals surface area contributed by atoms with Crippen molar-refractivity contribution < 1.29 is 9.53 Å². The van der Waals surface area contributed by atoms with Crippen LogP contribution >= 0.6 is 0 Å². The Labute approximate surface area is 107 Å². The van der Waals surface area contributed by atoms with Crippen LogP contribution in [0.15, 0.2) is 24.3 Å². The molecule has 1 aromatic rings. The summed E-state index contributed by atoms with van der Waals surface area (Å²) in [5, 5.41) is 11.3. The van der Waals surface area contributed by atoms with Gasteiger partial charge in [-0.2, -0.15) is 5.26 Å². The summed E-state index contributed by atoms with van der Waals surface area (Å²) in [6.45, 7) is 3.73. The SMILES string of the molecule is CC#CCOC(C#N)NC(=O)c1ccc(C)cc1. The second kappa shape index (κ2) is 7.11. The molecule has 1 amide bonds. The molecule has 0 radical (unpaired) electrons. The summed E-state index contributed by atoms with van der Waals surface area (Å²) in [7, 11) is 0. The highest BCUT2D eigenvalue weighted by Crippen LogP contribution is 2.03. The predicted molar refractivity (Wildman–Crippen MR) is 67.4 cm³/mol. The van der Waals surface area contributed by atoms with Gasteiger partial charge in [0.2, 0.25) is 6.23 Å². The minimum absolute atomic E-state index is 0.114. The van der Waals surface area contributed by atoms with Gasteiger partial charge in [0.25, 0.3) is 5.91 Å². The monoisotopic (exact) mass is 242 g/mol. The van der Waals surface area contributed by atoms with Gasteiger partial charge in [-0.25, -0.2) is 0 Å². The summed E-state index contributed by atoms with van der Waals surface area (Å²) < 4.78 is 5.08. The standard InChI is InChI=1S/C14H14N2O2/c1-3-4-9-18-13(10-15)16-14(17)12-7-5-11(2)6-8-12/h5-8,13H,9H2,1-2H3,(H,16,17). The summed E-state index contributed by atoms with van der Waals surface area (Å²) in [5.41, 5.74) is 1.56. The van der Waals surface area contributed by atoms with Crippen molar-refractivity contribution >= 4 is 5.91 Å². The molecule has 18 heavy (non-hydrogen) atoms. The van der Waals surface area contributed by atoms with Crippen LogP contribution in [0.1, 0.15) is 22.8 Å². The topological polar surface area (TPSA) is 62.1 Å². The van der Waals surface area contributed by atoms with Crippen molar-refractivity contribution in [3.63, 3.8) is 0 Å². The van der Waals surface area contributed by atoms with Gasteiger partial charge >= 0.3 is 0 Å². The van der Waals surface area contributed by atoms with Crippen LogP contribution < -0.4 is 5.32 Å². The summed E-state index contributed by atoms with van der Waals surface area (Å²) in [4.78, 5) is 11.8. The molecule has 1 rings (SSSR count). The number of nitrogens with one attached hydrogen (secondary N) is 1. The first-order valence-corrected chi connectivity index (χ1v) is 5.45. The van der Waals surface area contributed by atoms with Crippen LogP contribution in [0.25, 0.3) is 0 Å². The predicted octanol–water partition coefficient (Wildman–Crippen LogP) is 1.61. The van der Waals surface area contributed by atoms with Crippen molar-refractivity contribution in [1.82, 2.24) is 5.32 Å². The second-order valence-electron chi connectivity index (χ2n) is 3.59. The number of hydrogen-bond acceptors (Lipinski definition) is 3.